The first-order valence-electron chi connectivity index (χ1n) is 6.16. The summed E-state index contributed by atoms with van der Waals surface area (Å²) in [5.41, 5.74) is 8.23. The van der Waals surface area contributed by atoms with Crippen LogP contribution in [-0.4, -0.2) is 9.97 Å². The summed E-state index contributed by atoms with van der Waals surface area (Å²) in [6.07, 6.45) is 4.90. The van der Waals surface area contributed by atoms with Crippen LogP contribution >= 0.6 is 0 Å². The van der Waals surface area contributed by atoms with Crippen molar-refractivity contribution in [3.63, 3.8) is 0 Å². The number of ether oxygens (including phenoxy) is 1. The van der Waals surface area contributed by atoms with Crippen LogP contribution in [0.15, 0.2) is 36.5 Å². The van der Waals surface area contributed by atoms with E-state index < -0.39 is 0 Å². The third-order valence-electron chi connectivity index (χ3n) is 3.22. The fourth-order valence-corrected chi connectivity index (χ4v) is 2.37. The van der Waals surface area contributed by atoms with E-state index in [0.717, 1.165) is 19.3 Å². The minimum Gasteiger partial charge on any atom is -0.455 e. The Hall–Kier alpha value is -2.10. The van der Waals surface area contributed by atoms with Gasteiger partial charge < -0.3 is 10.5 Å². The van der Waals surface area contributed by atoms with Gasteiger partial charge in [0.15, 0.2) is 0 Å². The van der Waals surface area contributed by atoms with Crippen LogP contribution in [-0.2, 0) is 6.42 Å². The Morgan fingerprint density at radius 2 is 2.11 bits per heavy atom. The summed E-state index contributed by atoms with van der Waals surface area (Å²) < 4.78 is 5.86. The second-order valence-corrected chi connectivity index (χ2v) is 4.46. The fourth-order valence-electron chi connectivity index (χ4n) is 2.37. The van der Waals surface area contributed by atoms with Crippen LogP contribution < -0.4 is 10.5 Å². The Kier molecular flexibility index (Phi) is 2.84. The van der Waals surface area contributed by atoms with Gasteiger partial charge in [-0.3, -0.25) is 0 Å². The molecule has 0 saturated heterocycles. The number of anilines is 1. The molecular weight excluding hydrogens is 226 g/mol. The zero-order chi connectivity index (χ0) is 12.4. The molecule has 1 heterocycles. The fraction of sp³-hybridized carbons (Fsp3) is 0.286. The number of aromatic nitrogens is 2. The minimum atomic E-state index is 0.0387. The Labute approximate surface area is 106 Å². The molecule has 0 spiro atoms. The maximum atomic E-state index is 5.86. The molecule has 1 atom stereocenters. The van der Waals surface area contributed by atoms with Crippen molar-refractivity contribution >= 4 is 5.82 Å². The van der Waals surface area contributed by atoms with Gasteiger partial charge in [0.1, 0.15) is 11.9 Å². The lowest BCUT2D eigenvalue weighted by molar-refractivity contribution is 0.168. The van der Waals surface area contributed by atoms with Crippen molar-refractivity contribution in [2.75, 3.05) is 5.73 Å². The second kappa shape index (κ2) is 4.64. The number of nitrogens with zero attached hydrogens (tertiary/aromatic N) is 2. The number of fused-ring (bicyclic) bond motifs is 1. The molecule has 18 heavy (non-hydrogen) atoms. The maximum absolute atomic E-state index is 5.86. The summed E-state index contributed by atoms with van der Waals surface area (Å²) in [6.45, 7) is 0. The van der Waals surface area contributed by atoms with Crippen molar-refractivity contribution in [2.45, 2.75) is 25.4 Å². The van der Waals surface area contributed by atoms with E-state index in [2.05, 4.69) is 28.2 Å². The van der Waals surface area contributed by atoms with Crippen molar-refractivity contribution in [3.8, 4) is 6.01 Å². The Morgan fingerprint density at radius 3 is 3.00 bits per heavy atom. The SMILES string of the molecule is Nc1ccnc(OC2CCCc3ccccc32)n1. The van der Waals surface area contributed by atoms with E-state index >= 15 is 0 Å². The average Bonchev–Trinajstić information content (AvgIpc) is 2.39. The molecule has 1 unspecified atom stereocenters. The number of rotatable bonds is 2. The Balaban J connectivity index is 1.86. The number of benzene rings is 1. The van der Waals surface area contributed by atoms with Gasteiger partial charge >= 0.3 is 6.01 Å². The summed E-state index contributed by atoms with van der Waals surface area (Å²) in [5, 5.41) is 0. The Morgan fingerprint density at radius 1 is 1.22 bits per heavy atom. The molecular formula is C14H15N3O. The highest BCUT2D eigenvalue weighted by atomic mass is 16.5. The first-order chi connectivity index (χ1) is 8.83. The molecule has 4 nitrogen and oxygen atoms in total. The number of hydrogen-bond donors (Lipinski definition) is 1. The summed E-state index contributed by atoms with van der Waals surface area (Å²) >= 11 is 0. The molecule has 1 aliphatic rings. The second-order valence-electron chi connectivity index (χ2n) is 4.46. The van der Waals surface area contributed by atoms with Gasteiger partial charge in [-0.25, -0.2) is 4.98 Å². The Bertz CT molecular complexity index is 556. The van der Waals surface area contributed by atoms with E-state index in [1.807, 2.05) is 6.07 Å². The van der Waals surface area contributed by atoms with Crippen molar-refractivity contribution < 1.29 is 4.74 Å². The van der Waals surface area contributed by atoms with Gasteiger partial charge in [-0.2, -0.15) is 4.98 Å². The lowest BCUT2D eigenvalue weighted by atomic mass is 9.89. The molecule has 0 saturated carbocycles. The molecule has 0 aliphatic heterocycles. The minimum absolute atomic E-state index is 0.0387. The van der Waals surface area contributed by atoms with Gasteiger partial charge in [-0.1, -0.05) is 24.3 Å². The number of aryl methyl sites for hydroxylation is 1. The van der Waals surface area contributed by atoms with Gasteiger partial charge in [0.05, 0.1) is 0 Å². The number of hydrogen-bond acceptors (Lipinski definition) is 4. The van der Waals surface area contributed by atoms with Crippen LogP contribution in [0.4, 0.5) is 5.82 Å². The predicted molar refractivity (Wildman–Crippen MR) is 69.2 cm³/mol. The summed E-state index contributed by atoms with van der Waals surface area (Å²) in [7, 11) is 0. The zero-order valence-electron chi connectivity index (χ0n) is 10.0. The molecule has 2 N–H and O–H groups in total. The maximum Gasteiger partial charge on any atom is 0.318 e. The van der Waals surface area contributed by atoms with Gasteiger partial charge in [0.2, 0.25) is 0 Å². The smallest absolute Gasteiger partial charge is 0.318 e. The van der Waals surface area contributed by atoms with E-state index in [1.165, 1.54) is 11.1 Å². The predicted octanol–water partition coefficient (Wildman–Crippen LogP) is 2.52. The van der Waals surface area contributed by atoms with E-state index in [0.29, 0.717) is 11.8 Å². The van der Waals surface area contributed by atoms with Gasteiger partial charge in [0, 0.05) is 6.20 Å². The largest absolute Gasteiger partial charge is 0.455 e. The van der Waals surface area contributed by atoms with Gasteiger partial charge in [-0.15, -0.1) is 0 Å². The molecule has 92 valence electrons. The van der Waals surface area contributed by atoms with Crippen LogP contribution in [0.2, 0.25) is 0 Å². The number of nitrogens with two attached hydrogens (primary N) is 1. The lowest BCUT2D eigenvalue weighted by Crippen LogP contribution is -2.16. The van der Waals surface area contributed by atoms with E-state index in [4.69, 9.17) is 10.5 Å². The van der Waals surface area contributed by atoms with E-state index in [9.17, 15) is 0 Å². The molecule has 1 aromatic carbocycles. The van der Waals surface area contributed by atoms with Crippen molar-refractivity contribution in [2.24, 2.45) is 0 Å². The highest BCUT2D eigenvalue weighted by Crippen LogP contribution is 2.32. The molecule has 0 radical (unpaired) electrons. The van der Waals surface area contributed by atoms with Crippen LogP contribution in [0.5, 0.6) is 6.01 Å². The third-order valence-corrected chi connectivity index (χ3v) is 3.22. The van der Waals surface area contributed by atoms with Crippen LogP contribution in [0.3, 0.4) is 0 Å². The van der Waals surface area contributed by atoms with Crippen molar-refractivity contribution in [3.05, 3.63) is 47.7 Å². The third kappa shape index (κ3) is 2.14. The topological polar surface area (TPSA) is 61.0 Å². The molecule has 1 aromatic heterocycles. The van der Waals surface area contributed by atoms with Crippen molar-refractivity contribution in [1.29, 1.82) is 0 Å². The van der Waals surface area contributed by atoms with Crippen LogP contribution in [0.25, 0.3) is 0 Å². The molecule has 0 bridgehead atoms. The zero-order valence-corrected chi connectivity index (χ0v) is 10.0. The monoisotopic (exact) mass is 241 g/mol. The quantitative estimate of drug-likeness (QED) is 0.877. The van der Waals surface area contributed by atoms with E-state index in [1.54, 1.807) is 12.3 Å². The lowest BCUT2D eigenvalue weighted by Gasteiger charge is -2.25. The first-order valence-corrected chi connectivity index (χ1v) is 6.16. The van der Waals surface area contributed by atoms with Gasteiger partial charge in [0.25, 0.3) is 0 Å². The number of nitrogen functional groups attached to an aromatic ring is 1. The molecule has 0 amide bonds. The summed E-state index contributed by atoms with van der Waals surface area (Å²) in [6, 6.07) is 10.4. The van der Waals surface area contributed by atoms with E-state index in [-0.39, 0.29) is 6.10 Å². The molecule has 0 fully saturated rings. The molecule has 4 heteroatoms. The highest BCUT2D eigenvalue weighted by Gasteiger charge is 2.22. The molecule has 3 rings (SSSR count). The van der Waals surface area contributed by atoms with Gasteiger partial charge in [-0.05, 0) is 36.5 Å². The summed E-state index contributed by atoms with van der Waals surface area (Å²) in [4.78, 5) is 8.18. The van der Waals surface area contributed by atoms with Crippen LogP contribution in [0, 0.1) is 0 Å². The molecule has 1 aliphatic carbocycles. The first kappa shape index (κ1) is 11.0. The highest BCUT2D eigenvalue weighted by molar-refractivity contribution is 5.32. The summed E-state index contributed by atoms with van der Waals surface area (Å²) in [5.74, 6) is 0.434. The average molecular weight is 241 g/mol. The molecule has 2 aromatic rings. The standard InChI is InChI=1S/C14H15N3O/c15-13-8-9-16-14(17-13)18-12-7-3-5-10-4-1-2-6-11(10)12/h1-2,4,6,8-9,12H,3,5,7H2,(H2,15,16,17). The normalized spacial score (nSPS) is 18.1. The van der Waals surface area contributed by atoms with Crippen LogP contribution in [0.1, 0.15) is 30.1 Å². The van der Waals surface area contributed by atoms with Crippen molar-refractivity contribution in [1.82, 2.24) is 9.97 Å².